The van der Waals surface area contributed by atoms with E-state index in [-0.39, 0.29) is 10.9 Å². The van der Waals surface area contributed by atoms with E-state index in [1.54, 1.807) is 31.4 Å². The fraction of sp³-hybridized carbons (Fsp3) is 0.368. The summed E-state index contributed by atoms with van der Waals surface area (Å²) in [6.45, 7) is 1.35. The summed E-state index contributed by atoms with van der Waals surface area (Å²) < 4.78 is 40.3. The van der Waals surface area contributed by atoms with Crippen LogP contribution in [0.25, 0.3) is 5.65 Å². The minimum Gasteiger partial charge on any atom is -0.491 e. The first-order valence-electron chi connectivity index (χ1n) is 9.14. The molecule has 3 aromatic rings. The van der Waals surface area contributed by atoms with E-state index in [1.807, 2.05) is 28.8 Å². The van der Waals surface area contributed by atoms with Gasteiger partial charge in [0.05, 0.1) is 17.5 Å². The summed E-state index contributed by atoms with van der Waals surface area (Å²) in [5.41, 5.74) is 0.708. The third kappa shape index (κ3) is 3.48. The van der Waals surface area contributed by atoms with Gasteiger partial charge in [0, 0.05) is 19.9 Å². The molecule has 1 aliphatic rings. The number of ether oxygens (including phenoxy) is 2. The van der Waals surface area contributed by atoms with Gasteiger partial charge in [-0.1, -0.05) is 6.07 Å². The minimum absolute atomic E-state index is 0.243. The SMILES string of the molecule is COCCOc1ccc(S(=O)(=O)N2CCCC2c2nnc3ccccn23)cc1. The van der Waals surface area contributed by atoms with E-state index in [0.29, 0.717) is 43.4 Å². The number of nitrogens with zero attached hydrogens (tertiary/aromatic N) is 4. The molecule has 1 unspecified atom stereocenters. The summed E-state index contributed by atoms with van der Waals surface area (Å²) in [5.74, 6) is 1.26. The Bertz CT molecular complexity index is 1050. The Hall–Kier alpha value is -2.49. The van der Waals surface area contributed by atoms with E-state index >= 15 is 0 Å². The molecule has 148 valence electrons. The van der Waals surface area contributed by atoms with Crippen molar-refractivity contribution in [3.05, 3.63) is 54.5 Å². The fourth-order valence-corrected chi connectivity index (χ4v) is 5.11. The number of fused-ring (bicyclic) bond motifs is 1. The van der Waals surface area contributed by atoms with Crippen LogP contribution in [0, 0.1) is 0 Å². The highest BCUT2D eigenvalue weighted by Gasteiger charge is 2.38. The van der Waals surface area contributed by atoms with Gasteiger partial charge < -0.3 is 9.47 Å². The van der Waals surface area contributed by atoms with Gasteiger partial charge in [-0.3, -0.25) is 4.40 Å². The normalized spacial score (nSPS) is 18.0. The van der Waals surface area contributed by atoms with Crippen LogP contribution >= 0.6 is 0 Å². The molecule has 1 saturated heterocycles. The summed E-state index contributed by atoms with van der Waals surface area (Å²) in [6, 6.07) is 11.8. The van der Waals surface area contributed by atoms with Crippen molar-refractivity contribution in [3.63, 3.8) is 0 Å². The molecule has 0 spiro atoms. The lowest BCUT2D eigenvalue weighted by atomic mass is 10.2. The lowest BCUT2D eigenvalue weighted by molar-refractivity contribution is 0.146. The van der Waals surface area contributed by atoms with Crippen LogP contribution < -0.4 is 4.74 Å². The third-order valence-corrected chi connectivity index (χ3v) is 6.75. The monoisotopic (exact) mass is 402 g/mol. The molecule has 1 aliphatic heterocycles. The third-order valence-electron chi connectivity index (χ3n) is 4.83. The number of pyridine rings is 1. The van der Waals surface area contributed by atoms with Gasteiger partial charge in [-0.25, -0.2) is 8.42 Å². The second-order valence-electron chi connectivity index (χ2n) is 6.57. The zero-order valence-electron chi connectivity index (χ0n) is 15.6. The Labute approximate surface area is 163 Å². The number of sulfonamides is 1. The van der Waals surface area contributed by atoms with Crippen LogP contribution in [0.5, 0.6) is 5.75 Å². The maximum Gasteiger partial charge on any atom is 0.243 e. The molecule has 0 bridgehead atoms. The molecule has 0 saturated carbocycles. The van der Waals surface area contributed by atoms with Crippen molar-refractivity contribution in [1.29, 1.82) is 0 Å². The van der Waals surface area contributed by atoms with E-state index in [2.05, 4.69) is 10.2 Å². The molecule has 1 aromatic carbocycles. The lowest BCUT2D eigenvalue weighted by Gasteiger charge is -2.23. The second-order valence-corrected chi connectivity index (χ2v) is 8.46. The Morgan fingerprint density at radius 1 is 1.11 bits per heavy atom. The summed E-state index contributed by atoms with van der Waals surface area (Å²) >= 11 is 0. The van der Waals surface area contributed by atoms with Crippen molar-refractivity contribution >= 4 is 15.7 Å². The van der Waals surface area contributed by atoms with E-state index in [9.17, 15) is 8.42 Å². The predicted octanol–water partition coefficient (Wildman–Crippen LogP) is 2.28. The predicted molar refractivity (Wildman–Crippen MR) is 103 cm³/mol. The van der Waals surface area contributed by atoms with Crippen LogP contribution in [-0.2, 0) is 14.8 Å². The Morgan fingerprint density at radius 3 is 2.71 bits per heavy atom. The van der Waals surface area contributed by atoms with Gasteiger partial charge in [0.2, 0.25) is 10.0 Å². The van der Waals surface area contributed by atoms with Crippen molar-refractivity contribution < 1.29 is 17.9 Å². The smallest absolute Gasteiger partial charge is 0.243 e. The van der Waals surface area contributed by atoms with Gasteiger partial charge in [-0.2, -0.15) is 4.31 Å². The molecule has 1 atom stereocenters. The minimum atomic E-state index is -3.65. The molecule has 8 nitrogen and oxygen atoms in total. The molecular formula is C19H22N4O4S. The standard InChI is InChI=1S/C19H22N4O4S/c1-26-13-14-27-15-7-9-16(10-8-15)28(24,25)23-12-4-5-17(23)19-21-20-18-6-2-3-11-22(18)19/h2-3,6-11,17H,4-5,12-14H2,1H3. The molecule has 2 aromatic heterocycles. The molecule has 0 radical (unpaired) electrons. The van der Waals surface area contributed by atoms with Crippen LogP contribution in [0.4, 0.5) is 0 Å². The Kier molecular flexibility index (Phi) is 5.29. The maximum atomic E-state index is 13.3. The van der Waals surface area contributed by atoms with Gasteiger partial charge in [-0.15, -0.1) is 10.2 Å². The molecule has 28 heavy (non-hydrogen) atoms. The van der Waals surface area contributed by atoms with E-state index in [0.717, 1.165) is 6.42 Å². The van der Waals surface area contributed by atoms with Gasteiger partial charge in [0.15, 0.2) is 11.5 Å². The quantitative estimate of drug-likeness (QED) is 0.564. The van der Waals surface area contributed by atoms with Crippen molar-refractivity contribution in [1.82, 2.24) is 18.9 Å². The van der Waals surface area contributed by atoms with Crippen LogP contribution in [0.3, 0.4) is 0 Å². The first-order chi connectivity index (χ1) is 13.6. The summed E-state index contributed by atoms with van der Waals surface area (Å²) in [7, 11) is -2.05. The van der Waals surface area contributed by atoms with E-state index in [4.69, 9.17) is 9.47 Å². The molecule has 0 aliphatic carbocycles. The van der Waals surface area contributed by atoms with Crippen LogP contribution in [0.2, 0.25) is 0 Å². The Morgan fingerprint density at radius 2 is 1.93 bits per heavy atom. The number of benzene rings is 1. The van der Waals surface area contributed by atoms with Crippen molar-refractivity contribution in [2.45, 2.75) is 23.8 Å². The zero-order chi connectivity index (χ0) is 19.6. The second kappa shape index (κ2) is 7.86. The molecule has 9 heteroatoms. The molecule has 0 N–H and O–H groups in total. The van der Waals surface area contributed by atoms with Crippen LogP contribution in [-0.4, -0.2) is 54.2 Å². The molecule has 0 amide bonds. The number of aromatic nitrogens is 3. The number of hydrogen-bond donors (Lipinski definition) is 0. The van der Waals surface area contributed by atoms with Crippen molar-refractivity contribution in [2.75, 3.05) is 26.9 Å². The van der Waals surface area contributed by atoms with Gasteiger partial charge in [0.1, 0.15) is 12.4 Å². The average Bonchev–Trinajstić information content (AvgIpc) is 3.35. The first kappa shape index (κ1) is 18.9. The van der Waals surface area contributed by atoms with Crippen LogP contribution in [0.1, 0.15) is 24.7 Å². The van der Waals surface area contributed by atoms with E-state index < -0.39 is 10.0 Å². The number of rotatable bonds is 7. The summed E-state index contributed by atoms with van der Waals surface area (Å²) in [5, 5.41) is 8.43. The topological polar surface area (TPSA) is 86.0 Å². The molecule has 4 rings (SSSR count). The molecule has 1 fully saturated rings. The largest absolute Gasteiger partial charge is 0.491 e. The maximum absolute atomic E-state index is 13.3. The van der Waals surface area contributed by atoms with Crippen molar-refractivity contribution in [2.24, 2.45) is 0 Å². The lowest BCUT2D eigenvalue weighted by Crippen LogP contribution is -2.31. The molecular weight excluding hydrogens is 380 g/mol. The zero-order valence-corrected chi connectivity index (χ0v) is 16.4. The fourth-order valence-electron chi connectivity index (χ4n) is 3.46. The first-order valence-corrected chi connectivity index (χ1v) is 10.6. The highest BCUT2D eigenvalue weighted by molar-refractivity contribution is 7.89. The number of methoxy groups -OCH3 is 1. The summed E-state index contributed by atoms with van der Waals surface area (Å²) in [4.78, 5) is 0.243. The van der Waals surface area contributed by atoms with Crippen LogP contribution in [0.15, 0.2) is 53.6 Å². The van der Waals surface area contributed by atoms with Gasteiger partial charge in [0.25, 0.3) is 0 Å². The molecule has 3 heterocycles. The van der Waals surface area contributed by atoms with Gasteiger partial charge >= 0.3 is 0 Å². The highest BCUT2D eigenvalue weighted by atomic mass is 32.2. The van der Waals surface area contributed by atoms with Gasteiger partial charge in [-0.05, 0) is 49.2 Å². The Balaban J connectivity index is 1.59. The van der Waals surface area contributed by atoms with E-state index in [1.165, 1.54) is 4.31 Å². The summed E-state index contributed by atoms with van der Waals surface area (Å²) in [6.07, 6.45) is 3.36. The van der Waals surface area contributed by atoms with Crippen molar-refractivity contribution in [3.8, 4) is 5.75 Å². The number of hydrogen-bond acceptors (Lipinski definition) is 6. The average molecular weight is 402 g/mol. The highest BCUT2D eigenvalue weighted by Crippen LogP contribution is 2.36.